The van der Waals surface area contributed by atoms with Gasteiger partial charge in [-0.15, -0.1) is 0 Å². The van der Waals surface area contributed by atoms with E-state index in [9.17, 15) is 50.1 Å². The SMILES string of the molecule is COC(=O)[C@H]1[C@@H](C(=O)OC[C@H]2O[C@@H](Oc3cc(O)c4c(=O)cc(-c5ccc(O)cc5)oc4c3)[C@H](O)[C@@H](O)[C@@H]2O)[C@H](c2ccc(O)cc2)[C@@H]1c1ccc(O)cc1. The Labute approximate surface area is 311 Å². The van der Waals surface area contributed by atoms with Gasteiger partial charge < -0.3 is 59.1 Å². The topological polar surface area (TPSA) is 243 Å². The van der Waals surface area contributed by atoms with E-state index in [2.05, 4.69) is 0 Å². The number of aromatic hydroxyl groups is 4. The van der Waals surface area contributed by atoms with E-state index in [1.165, 1.54) is 67.8 Å². The Balaban J connectivity index is 1.11. The summed E-state index contributed by atoms with van der Waals surface area (Å²) in [5.41, 5.74) is 1.01. The van der Waals surface area contributed by atoms with Crippen LogP contribution < -0.4 is 10.2 Å². The number of carbonyl (C=O) groups is 2. The Hall–Kier alpha value is -6.13. The van der Waals surface area contributed by atoms with Crippen molar-refractivity contribution in [2.75, 3.05) is 13.7 Å². The van der Waals surface area contributed by atoms with Crippen LogP contribution in [0.2, 0.25) is 0 Å². The van der Waals surface area contributed by atoms with E-state index in [1.54, 1.807) is 24.3 Å². The van der Waals surface area contributed by atoms with Gasteiger partial charge in [-0.05, 0) is 59.7 Å². The van der Waals surface area contributed by atoms with E-state index >= 15 is 0 Å². The van der Waals surface area contributed by atoms with Crippen LogP contribution in [0, 0.1) is 11.8 Å². The molecule has 55 heavy (non-hydrogen) atoms. The second kappa shape index (κ2) is 14.9. The van der Waals surface area contributed by atoms with E-state index in [4.69, 9.17) is 23.4 Å². The van der Waals surface area contributed by atoms with Crippen molar-refractivity contribution < 1.29 is 68.7 Å². The number of fused-ring (bicyclic) bond motifs is 1. The average molecular weight is 757 g/mol. The highest BCUT2D eigenvalue weighted by molar-refractivity contribution is 5.88. The van der Waals surface area contributed by atoms with E-state index in [0.717, 1.165) is 6.07 Å². The van der Waals surface area contributed by atoms with Gasteiger partial charge in [0.25, 0.3) is 0 Å². The van der Waals surface area contributed by atoms with Crippen LogP contribution in [0.4, 0.5) is 0 Å². The van der Waals surface area contributed by atoms with Crippen molar-refractivity contribution in [1.29, 1.82) is 0 Å². The molecule has 7 rings (SSSR count). The molecule has 4 aromatic carbocycles. The van der Waals surface area contributed by atoms with Gasteiger partial charge in [-0.1, -0.05) is 24.3 Å². The highest BCUT2D eigenvalue weighted by Crippen LogP contribution is 2.59. The third-order valence-corrected chi connectivity index (χ3v) is 10.1. The highest BCUT2D eigenvalue weighted by atomic mass is 16.7. The molecule has 0 unspecified atom stereocenters. The fourth-order valence-corrected chi connectivity index (χ4v) is 7.32. The summed E-state index contributed by atoms with van der Waals surface area (Å²) >= 11 is 0. The molecule has 2 heterocycles. The molecule has 5 aromatic rings. The van der Waals surface area contributed by atoms with Crippen molar-refractivity contribution in [3.05, 3.63) is 112 Å². The van der Waals surface area contributed by atoms with E-state index in [-0.39, 0.29) is 39.7 Å². The van der Waals surface area contributed by atoms with Gasteiger partial charge in [0.05, 0.1) is 18.9 Å². The number of aliphatic hydroxyl groups is 3. The molecule has 2 fully saturated rings. The Morgan fingerprint density at radius 3 is 1.80 bits per heavy atom. The lowest BCUT2D eigenvalue weighted by Crippen LogP contribution is -2.60. The van der Waals surface area contributed by atoms with Gasteiger partial charge >= 0.3 is 11.9 Å². The fraction of sp³-hybridized carbons (Fsp3) is 0.275. The predicted molar refractivity (Wildman–Crippen MR) is 190 cm³/mol. The van der Waals surface area contributed by atoms with Gasteiger partial charge in [-0.25, -0.2) is 0 Å². The molecule has 0 radical (unpaired) electrons. The molecule has 0 amide bonds. The zero-order valence-corrected chi connectivity index (χ0v) is 29.0. The maximum absolute atomic E-state index is 13.9. The summed E-state index contributed by atoms with van der Waals surface area (Å²) in [4.78, 5) is 39.9. The van der Waals surface area contributed by atoms with Gasteiger partial charge in [0.15, 0.2) is 5.43 Å². The number of phenolic OH excluding ortho intramolecular Hbond substituents is 4. The second-order valence-corrected chi connectivity index (χ2v) is 13.4. The number of methoxy groups -OCH3 is 1. The number of phenols is 4. The van der Waals surface area contributed by atoms with Crippen molar-refractivity contribution in [3.8, 4) is 40.1 Å². The van der Waals surface area contributed by atoms with Gasteiger partial charge in [-0.3, -0.25) is 14.4 Å². The summed E-state index contributed by atoms with van der Waals surface area (Å²) in [6.45, 7) is -0.659. The van der Waals surface area contributed by atoms with Crippen LogP contribution in [0.3, 0.4) is 0 Å². The van der Waals surface area contributed by atoms with E-state index < -0.39 is 84.1 Å². The van der Waals surface area contributed by atoms with E-state index in [1.807, 2.05) is 0 Å². The fourth-order valence-electron chi connectivity index (χ4n) is 7.32. The summed E-state index contributed by atoms with van der Waals surface area (Å²) in [5, 5.41) is 72.3. The van der Waals surface area contributed by atoms with Crippen LogP contribution in [-0.2, 0) is 23.8 Å². The second-order valence-electron chi connectivity index (χ2n) is 13.4. The van der Waals surface area contributed by atoms with Gasteiger partial charge in [0.1, 0.15) is 76.5 Å². The first kappa shape index (κ1) is 37.2. The highest BCUT2D eigenvalue weighted by Gasteiger charge is 2.60. The largest absolute Gasteiger partial charge is 0.508 e. The number of aliphatic hydroxyl groups excluding tert-OH is 3. The van der Waals surface area contributed by atoms with Gasteiger partial charge in [-0.2, -0.15) is 0 Å². The molecule has 1 aliphatic heterocycles. The lowest BCUT2D eigenvalue weighted by atomic mass is 9.52. The number of benzene rings is 4. The number of esters is 2. The number of hydrogen-bond acceptors (Lipinski definition) is 15. The molecular formula is C40H36O15. The quantitative estimate of drug-likeness (QED) is 0.107. The van der Waals surface area contributed by atoms with Crippen molar-refractivity contribution in [2.45, 2.75) is 42.5 Å². The zero-order chi connectivity index (χ0) is 39.1. The normalized spacial score (nSPS) is 26.1. The van der Waals surface area contributed by atoms with Crippen molar-refractivity contribution in [1.82, 2.24) is 0 Å². The number of ether oxygens (including phenoxy) is 4. The Kier molecular flexibility index (Phi) is 10.1. The molecular weight excluding hydrogens is 720 g/mol. The third kappa shape index (κ3) is 7.13. The molecule has 1 aromatic heterocycles. The molecule has 1 saturated heterocycles. The van der Waals surface area contributed by atoms with Crippen LogP contribution in [-0.4, -0.2) is 92.1 Å². The average Bonchev–Trinajstić information content (AvgIpc) is 3.15. The minimum absolute atomic E-state index is 0.000713. The molecule has 1 aliphatic carbocycles. The summed E-state index contributed by atoms with van der Waals surface area (Å²) in [5.74, 6) is -5.54. The molecule has 286 valence electrons. The third-order valence-electron chi connectivity index (χ3n) is 10.1. The first-order valence-corrected chi connectivity index (χ1v) is 17.1. The van der Waals surface area contributed by atoms with Crippen LogP contribution in [0.5, 0.6) is 28.7 Å². The summed E-state index contributed by atoms with van der Waals surface area (Å²) in [6, 6.07) is 21.6. The molecule has 2 aliphatic rings. The number of rotatable bonds is 9. The maximum Gasteiger partial charge on any atom is 0.310 e. The Morgan fingerprint density at radius 2 is 1.24 bits per heavy atom. The summed E-state index contributed by atoms with van der Waals surface area (Å²) < 4.78 is 28.1. The van der Waals surface area contributed by atoms with Crippen LogP contribution >= 0.6 is 0 Å². The van der Waals surface area contributed by atoms with Crippen molar-refractivity contribution in [2.24, 2.45) is 11.8 Å². The predicted octanol–water partition coefficient (Wildman–Crippen LogP) is 3.00. The molecule has 9 atom stereocenters. The summed E-state index contributed by atoms with van der Waals surface area (Å²) in [7, 11) is 1.18. The molecule has 0 spiro atoms. The van der Waals surface area contributed by atoms with Crippen LogP contribution in [0.1, 0.15) is 23.0 Å². The maximum atomic E-state index is 13.9. The van der Waals surface area contributed by atoms with Crippen LogP contribution in [0.15, 0.2) is 100 Å². The first-order valence-electron chi connectivity index (χ1n) is 17.1. The summed E-state index contributed by atoms with van der Waals surface area (Å²) in [6.07, 6.45) is -8.62. The monoisotopic (exact) mass is 756 g/mol. The minimum Gasteiger partial charge on any atom is -0.508 e. The van der Waals surface area contributed by atoms with Crippen molar-refractivity contribution in [3.63, 3.8) is 0 Å². The Morgan fingerprint density at radius 1 is 0.691 bits per heavy atom. The van der Waals surface area contributed by atoms with E-state index in [0.29, 0.717) is 16.7 Å². The zero-order valence-electron chi connectivity index (χ0n) is 29.0. The Bertz CT molecular complexity index is 2250. The van der Waals surface area contributed by atoms with Gasteiger partial charge in [0.2, 0.25) is 6.29 Å². The standard InChI is InChI=1S/C40H36O15/c1-51-38(49)33-30(19-4-10-22(42)11-5-19)31(20-6-12-23(43)13-7-20)34(33)39(50)52-17-29-35(46)36(47)37(48)40(55-29)53-24-14-25(44)32-26(45)16-27(54-28(32)15-24)18-2-8-21(41)9-3-18/h2-16,29-31,33-37,40-44,46-48H,17H2,1H3/t29-,30+,31-,33-,34+,35-,36+,37-,40-/m1/s1. The molecule has 7 N–H and O–H groups in total. The minimum atomic E-state index is -1.86. The lowest BCUT2D eigenvalue weighted by molar-refractivity contribution is -0.279. The molecule has 15 nitrogen and oxygen atoms in total. The number of hydrogen-bond donors (Lipinski definition) is 7. The number of carbonyl (C=O) groups excluding carboxylic acids is 2. The molecule has 1 saturated carbocycles. The van der Waals surface area contributed by atoms with Crippen LogP contribution in [0.25, 0.3) is 22.3 Å². The molecule has 15 heteroatoms. The van der Waals surface area contributed by atoms with Gasteiger partial charge in [0, 0.05) is 35.6 Å². The first-order chi connectivity index (χ1) is 26.3. The van der Waals surface area contributed by atoms with Crippen molar-refractivity contribution >= 4 is 22.9 Å². The lowest BCUT2D eigenvalue weighted by Gasteiger charge is -2.49. The molecule has 0 bridgehead atoms. The smallest absolute Gasteiger partial charge is 0.310 e.